The Balaban J connectivity index is 1.56. The fourth-order valence-corrected chi connectivity index (χ4v) is 5.97. The smallest absolute Gasteiger partial charge is 0.303 e. The van der Waals surface area contributed by atoms with E-state index in [1.807, 2.05) is 12.1 Å². The molecule has 1 N–H and O–H groups in total. The molecule has 4 nitrogen and oxygen atoms in total. The fraction of sp³-hybridized carbons (Fsp3) is 0.682. The van der Waals surface area contributed by atoms with E-state index in [4.69, 9.17) is 5.11 Å². The van der Waals surface area contributed by atoms with Crippen molar-refractivity contribution in [3.63, 3.8) is 0 Å². The molecule has 0 spiro atoms. The van der Waals surface area contributed by atoms with Crippen LogP contribution in [0.2, 0.25) is 0 Å². The Hall–Kier alpha value is -1.46. The summed E-state index contributed by atoms with van der Waals surface area (Å²) in [6, 6.07) is 8.11. The molecule has 3 aliphatic heterocycles. The maximum atomic E-state index is 14.3. The number of hydrogen-bond donors (Lipinski definition) is 1. The summed E-state index contributed by atoms with van der Waals surface area (Å²) >= 11 is 0. The third-order valence-electron chi connectivity index (χ3n) is 7.00. The molecule has 3 saturated heterocycles. The number of hydrogen-bond acceptors (Lipinski definition) is 3. The van der Waals surface area contributed by atoms with Gasteiger partial charge in [0.05, 0.1) is 0 Å². The van der Waals surface area contributed by atoms with Crippen molar-refractivity contribution in [3.8, 4) is 0 Å². The Labute approximate surface area is 161 Å². The molecule has 4 rings (SSSR count). The Bertz CT molecular complexity index is 665. The van der Waals surface area contributed by atoms with E-state index < -0.39 is 5.97 Å². The zero-order valence-electron chi connectivity index (χ0n) is 16.0. The van der Waals surface area contributed by atoms with Gasteiger partial charge in [-0.25, -0.2) is 4.39 Å². The summed E-state index contributed by atoms with van der Waals surface area (Å²) in [5.74, 6) is 0.426. The second kappa shape index (κ2) is 8.27. The van der Waals surface area contributed by atoms with E-state index in [-0.39, 0.29) is 12.2 Å². The van der Waals surface area contributed by atoms with Gasteiger partial charge in [0.15, 0.2) is 0 Å². The molecule has 0 aromatic heterocycles. The molecule has 0 bridgehead atoms. The number of carboxylic acid groups (broad SMARTS) is 1. The summed E-state index contributed by atoms with van der Waals surface area (Å²) in [6.07, 6.45) is 6.84. The van der Waals surface area contributed by atoms with E-state index >= 15 is 0 Å². The van der Waals surface area contributed by atoms with Crippen molar-refractivity contribution in [3.05, 3.63) is 35.6 Å². The van der Waals surface area contributed by atoms with E-state index in [9.17, 15) is 9.18 Å². The van der Waals surface area contributed by atoms with Crippen LogP contribution >= 0.6 is 0 Å². The highest BCUT2D eigenvalue weighted by Gasteiger charge is 2.48. The van der Waals surface area contributed by atoms with Gasteiger partial charge in [-0.2, -0.15) is 0 Å². The van der Waals surface area contributed by atoms with Gasteiger partial charge in [-0.1, -0.05) is 18.2 Å². The van der Waals surface area contributed by atoms with Crippen molar-refractivity contribution in [1.82, 2.24) is 9.80 Å². The molecule has 3 fully saturated rings. The predicted octanol–water partition coefficient (Wildman–Crippen LogP) is 3.76. The molecular formula is C22H31FN2O2. The van der Waals surface area contributed by atoms with Crippen LogP contribution in [-0.4, -0.2) is 52.6 Å². The average molecular weight is 375 g/mol. The fourth-order valence-electron chi connectivity index (χ4n) is 5.97. The van der Waals surface area contributed by atoms with Crippen LogP contribution in [-0.2, 0) is 11.3 Å². The number of piperidine rings is 3. The van der Waals surface area contributed by atoms with Crippen molar-refractivity contribution in [2.45, 2.75) is 63.6 Å². The van der Waals surface area contributed by atoms with Crippen molar-refractivity contribution >= 4 is 5.97 Å². The van der Waals surface area contributed by atoms with Gasteiger partial charge in [-0.3, -0.25) is 14.6 Å². The van der Waals surface area contributed by atoms with Crippen molar-refractivity contribution in [1.29, 1.82) is 0 Å². The number of halogens is 1. The summed E-state index contributed by atoms with van der Waals surface area (Å²) in [4.78, 5) is 16.2. The highest BCUT2D eigenvalue weighted by atomic mass is 19.1. The highest BCUT2D eigenvalue weighted by molar-refractivity contribution is 5.66. The lowest BCUT2D eigenvalue weighted by atomic mass is 9.69. The quantitative estimate of drug-likeness (QED) is 0.823. The second-order valence-corrected chi connectivity index (χ2v) is 8.61. The number of aliphatic carboxylic acids is 1. The Kier molecular flexibility index (Phi) is 5.79. The lowest BCUT2D eigenvalue weighted by Gasteiger charge is -2.57. The number of benzene rings is 1. The number of carboxylic acids is 1. The minimum atomic E-state index is -0.715. The minimum absolute atomic E-state index is 0.127. The van der Waals surface area contributed by atoms with E-state index in [0.717, 1.165) is 18.5 Å². The van der Waals surface area contributed by atoms with Crippen LogP contribution in [0.15, 0.2) is 24.3 Å². The zero-order valence-corrected chi connectivity index (χ0v) is 16.0. The van der Waals surface area contributed by atoms with Gasteiger partial charge in [-0.05, 0) is 69.5 Å². The van der Waals surface area contributed by atoms with Gasteiger partial charge >= 0.3 is 5.97 Å². The zero-order chi connectivity index (χ0) is 18.8. The van der Waals surface area contributed by atoms with Gasteiger partial charge in [0, 0.05) is 37.2 Å². The molecule has 5 heteroatoms. The van der Waals surface area contributed by atoms with Crippen LogP contribution < -0.4 is 0 Å². The van der Waals surface area contributed by atoms with E-state index in [0.29, 0.717) is 36.9 Å². The summed E-state index contributed by atoms with van der Waals surface area (Å²) in [5.41, 5.74) is 0.766. The number of carbonyl (C=O) groups is 1. The normalized spacial score (nSPS) is 31.4. The van der Waals surface area contributed by atoms with Crippen LogP contribution in [0.4, 0.5) is 4.39 Å². The van der Waals surface area contributed by atoms with Crippen molar-refractivity contribution < 1.29 is 14.3 Å². The molecule has 27 heavy (non-hydrogen) atoms. The SMILES string of the molecule is O=C(O)CCC[C@@H]1[C@H]2CCCN3CCC[C@@H](CN1Cc1ccccc1F)[C@@H]23. The van der Waals surface area contributed by atoms with E-state index in [2.05, 4.69) is 9.80 Å². The molecule has 3 heterocycles. The predicted molar refractivity (Wildman–Crippen MR) is 103 cm³/mol. The summed E-state index contributed by atoms with van der Waals surface area (Å²) in [6.45, 7) is 4.09. The maximum Gasteiger partial charge on any atom is 0.303 e. The monoisotopic (exact) mass is 374 g/mol. The molecule has 0 unspecified atom stereocenters. The van der Waals surface area contributed by atoms with Gasteiger partial charge in [0.25, 0.3) is 0 Å². The Morgan fingerprint density at radius 1 is 1.19 bits per heavy atom. The topological polar surface area (TPSA) is 43.8 Å². The molecule has 4 atom stereocenters. The first-order valence-corrected chi connectivity index (χ1v) is 10.6. The van der Waals surface area contributed by atoms with E-state index in [1.165, 1.54) is 38.8 Å². The third-order valence-corrected chi connectivity index (χ3v) is 7.00. The maximum absolute atomic E-state index is 14.3. The minimum Gasteiger partial charge on any atom is -0.481 e. The summed E-state index contributed by atoms with van der Waals surface area (Å²) in [7, 11) is 0. The van der Waals surface area contributed by atoms with E-state index in [1.54, 1.807) is 12.1 Å². The molecule has 0 saturated carbocycles. The molecular weight excluding hydrogens is 343 g/mol. The molecule has 0 radical (unpaired) electrons. The molecule has 148 valence electrons. The molecule has 1 aromatic rings. The number of likely N-dealkylation sites (tertiary alicyclic amines) is 1. The van der Waals surface area contributed by atoms with Crippen LogP contribution in [0.25, 0.3) is 0 Å². The van der Waals surface area contributed by atoms with Gasteiger partial charge in [0.2, 0.25) is 0 Å². The van der Waals surface area contributed by atoms with Crippen molar-refractivity contribution in [2.24, 2.45) is 11.8 Å². The third kappa shape index (κ3) is 4.04. The average Bonchev–Trinajstić information content (AvgIpc) is 2.66. The highest BCUT2D eigenvalue weighted by Crippen LogP contribution is 2.43. The lowest BCUT2D eigenvalue weighted by molar-refractivity contribution is -0.137. The van der Waals surface area contributed by atoms with Crippen LogP contribution in [0.3, 0.4) is 0 Å². The summed E-state index contributed by atoms with van der Waals surface area (Å²) < 4.78 is 14.3. The van der Waals surface area contributed by atoms with Gasteiger partial charge in [-0.15, -0.1) is 0 Å². The largest absolute Gasteiger partial charge is 0.481 e. The van der Waals surface area contributed by atoms with Crippen LogP contribution in [0.5, 0.6) is 0 Å². The van der Waals surface area contributed by atoms with Crippen molar-refractivity contribution in [2.75, 3.05) is 19.6 Å². The van der Waals surface area contributed by atoms with Gasteiger partial charge < -0.3 is 5.11 Å². The first-order chi connectivity index (χ1) is 13.1. The van der Waals surface area contributed by atoms with Crippen LogP contribution in [0, 0.1) is 17.7 Å². The van der Waals surface area contributed by atoms with Crippen LogP contribution in [0.1, 0.15) is 50.5 Å². The second-order valence-electron chi connectivity index (χ2n) is 8.61. The first-order valence-electron chi connectivity index (χ1n) is 10.6. The molecule has 0 amide bonds. The first kappa shape index (κ1) is 18.9. The standard InChI is InChI=1S/C22H31FN2O2/c23-19-9-2-1-6-16(19)14-25-15-17-7-4-12-24-13-5-8-18(22(17)24)20(25)10-3-11-21(26)27/h1-2,6,9,17-18,20,22H,3-5,7-8,10-15H2,(H,26,27)/t17-,18+,20+,22-/m0/s1. The summed E-state index contributed by atoms with van der Waals surface area (Å²) in [5, 5.41) is 9.07. The lowest BCUT2D eigenvalue weighted by Crippen LogP contribution is -2.64. The molecule has 0 aliphatic carbocycles. The number of rotatable bonds is 6. The molecule has 1 aromatic carbocycles. The Morgan fingerprint density at radius 3 is 2.74 bits per heavy atom. The number of nitrogens with zero attached hydrogens (tertiary/aromatic N) is 2. The van der Waals surface area contributed by atoms with Gasteiger partial charge in [0.1, 0.15) is 5.82 Å². The Morgan fingerprint density at radius 2 is 1.96 bits per heavy atom. The molecule has 3 aliphatic rings.